The molecular weight excluding hydrogens is 224 g/mol. The van der Waals surface area contributed by atoms with Crippen LogP contribution in [0.3, 0.4) is 0 Å². The Labute approximate surface area is 108 Å². The van der Waals surface area contributed by atoms with Crippen molar-refractivity contribution in [3.8, 4) is 0 Å². The lowest BCUT2D eigenvalue weighted by Crippen LogP contribution is -2.32. The van der Waals surface area contributed by atoms with Crippen molar-refractivity contribution in [2.24, 2.45) is 0 Å². The van der Waals surface area contributed by atoms with E-state index in [1.165, 1.54) is 0 Å². The molecule has 0 bridgehead atoms. The number of hydrogen-bond donors (Lipinski definition) is 0. The quantitative estimate of drug-likeness (QED) is 0.764. The van der Waals surface area contributed by atoms with E-state index < -0.39 is 5.79 Å². The molecule has 0 spiro atoms. The maximum Gasteiger partial charge on any atom is 0.221 e. The van der Waals surface area contributed by atoms with Gasteiger partial charge in [-0.1, -0.05) is 54.6 Å². The van der Waals surface area contributed by atoms with E-state index in [0.717, 1.165) is 16.7 Å². The zero-order valence-corrected chi connectivity index (χ0v) is 10.7. The molecule has 0 aromatic heterocycles. The molecule has 0 fully saturated rings. The molecule has 93 valence electrons. The SMILES string of the molecule is [CH2]c1ccc(C(OC)(OC)c2ccccc2)cc1. The number of hydrogen-bond acceptors (Lipinski definition) is 2. The summed E-state index contributed by atoms with van der Waals surface area (Å²) in [6.45, 7) is 3.89. The fraction of sp³-hybridized carbons (Fsp3) is 0.188. The molecule has 18 heavy (non-hydrogen) atoms. The van der Waals surface area contributed by atoms with Crippen LogP contribution in [0.1, 0.15) is 16.7 Å². The highest BCUT2D eigenvalue weighted by Crippen LogP contribution is 2.33. The monoisotopic (exact) mass is 241 g/mol. The molecule has 0 atom stereocenters. The molecule has 0 aliphatic heterocycles. The van der Waals surface area contributed by atoms with Gasteiger partial charge in [0.25, 0.3) is 0 Å². The third-order valence-electron chi connectivity index (χ3n) is 3.06. The van der Waals surface area contributed by atoms with Gasteiger partial charge < -0.3 is 9.47 Å². The average molecular weight is 241 g/mol. The fourth-order valence-electron chi connectivity index (χ4n) is 2.10. The molecule has 0 aliphatic carbocycles. The second-order valence-electron chi connectivity index (χ2n) is 4.09. The largest absolute Gasteiger partial charge is 0.346 e. The van der Waals surface area contributed by atoms with Gasteiger partial charge in [-0.2, -0.15) is 0 Å². The number of methoxy groups -OCH3 is 2. The third kappa shape index (κ3) is 2.17. The number of benzene rings is 2. The van der Waals surface area contributed by atoms with Gasteiger partial charge in [-0.15, -0.1) is 0 Å². The van der Waals surface area contributed by atoms with Crippen molar-refractivity contribution in [1.82, 2.24) is 0 Å². The summed E-state index contributed by atoms with van der Waals surface area (Å²) in [5.74, 6) is -0.866. The number of rotatable bonds is 4. The molecule has 2 aromatic carbocycles. The van der Waals surface area contributed by atoms with E-state index in [9.17, 15) is 0 Å². The summed E-state index contributed by atoms with van der Waals surface area (Å²) in [4.78, 5) is 0. The predicted molar refractivity (Wildman–Crippen MR) is 72.1 cm³/mol. The minimum atomic E-state index is -0.866. The van der Waals surface area contributed by atoms with E-state index in [1.54, 1.807) is 14.2 Å². The first kappa shape index (κ1) is 12.8. The van der Waals surface area contributed by atoms with E-state index in [0.29, 0.717) is 0 Å². The molecule has 2 heteroatoms. The maximum atomic E-state index is 5.66. The van der Waals surface area contributed by atoms with Crippen LogP contribution in [0.15, 0.2) is 54.6 Å². The van der Waals surface area contributed by atoms with Gasteiger partial charge in [-0.3, -0.25) is 0 Å². The molecule has 0 unspecified atom stereocenters. The smallest absolute Gasteiger partial charge is 0.221 e. The van der Waals surface area contributed by atoms with Gasteiger partial charge in [0.05, 0.1) is 0 Å². The van der Waals surface area contributed by atoms with Gasteiger partial charge in [-0.05, 0) is 12.5 Å². The van der Waals surface area contributed by atoms with Crippen molar-refractivity contribution < 1.29 is 9.47 Å². The van der Waals surface area contributed by atoms with E-state index in [2.05, 4.69) is 6.92 Å². The molecule has 2 aromatic rings. The Morgan fingerprint density at radius 2 is 1.28 bits per heavy atom. The fourth-order valence-corrected chi connectivity index (χ4v) is 2.10. The average Bonchev–Trinajstić information content (AvgIpc) is 2.44. The van der Waals surface area contributed by atoms with Crippen LogP contribution in [0.5, 0.6) is 0 Å². The van der Waals surface area contributed by atoms with Gasteiger partial charge in [0.15, 0.2) is 0 Å². The van der Waals surface area contributed by atoms with E-state index >= 15 is 0 Å². The lowest BCUT2D eigenvalue weighted by atomic mass is 9.96. The second kappa shape index (κ2) is 5.34. The van der Waals surface area contributed by atoms with E-state index in [4.69, 9.17) is 9.47 Å². The summed E-state index contributed by atoms with van der Waals surface area (Å²) >= 11 is 0. The van der Waals surface area contributed by atoms with Gasteiger partial charge >= 0.3 is 0 Å². The Morgan fingerprint density at radius 1 is 0.778 bits per heavy atom. The van der Waals surface area contributed by atoms with Gasteiger partial charge in [-0.25, -0.2) is 0 Å². The van der Waals surface area contributed by atoms with Crippen molar-refractivity contribution in [2.45, 2.75) is 5.79 Å². The minimum Gasteiger partial charge on any atom is -0.346 e. The van der Waals surface area contributed by atoms with Gasteiger partial charge in [0.1, 0.15) is 0 Å². The first-order valence-electron chi connectivity index (χ1n) is 5.81. The molecule has 0 aliphatic rings. The van der Waals surface area contributed by atoms with Crippen LogP contribution in [0.4, 0.5) is 0 Å². The summed E-state index contributed by atoms with van der Waals surface area (Å²) in [6.07, 6.45) is 0. The Kier molecular flexibility index (Phi) is 3.80. The Bertz CT molecular complexity index is 484. The molecule has 2 nitrogen and oxygen atoms in total. The molecule has 1 radical (unpaired) electrons. The highest BCUT2D eigenvalue weighted by molar-refractivity contribution is 5.36. The topological polar surface area (TPSA) is 18.5 Å². The predicted octanol–water partition coefficient (Wildman–Crippen LogP) is 3.36. The highest BCUT2D eigenvalue weighted by Gasteiger charge is 2.34. The number of ether oxygens (including phenoxy) is 2. The van der Waals surface area contributed by atoms with Crippen molar-refractivity contribution in [1.29, 1.82) is 0 Å². The van der Waals surface area contributed by atoms with Crippen molar-refractivity contribution in [3.05, 3.63) is 78.2 Å². The first-order valence-corrected chi connectivity index (χ1v) is 5.81. The molecule has 2 rings (SSSR count). The van der Waals surface area contributed by atoms with Crippen LogP contribution in [-0.2, 0) is 15.3 Å². The van der Waals surface area contributed by atoms with Crippen molar-refractivity contribution >= 4 is 0 Å². The Morgan fingerprint density at radius 3 is 1.78 bits per heavy atom. The summed E-state index contributed by atoms with van der Waals surface area (Å²) in [7, 11) is 3.29. The standard InChI is InChI=1S/C16H17O2/c1-13-9-11-15(12-10-13)16(17-2,18-3)14-7-5-4-6-8-14/h4-12H,1H2,2-3H3. The summed E-state index contributed by atoms with van der Waals surface area (Å²) in [5, 5.41) is 0. The summed E-state index contributed by atoms with van der Waals surface area (Å²) < 4.78 is 11.3. The molecule has 0 amide bonds. The molecular formula is C16H17O2. The molecule has 0 N–H and O–H groups in total. The summed E-state index contributed by atoms with van der Waals surface area (Å²) in [6, 6.07) is 17.7. The lowest BCUT2D eigenvalue weighted by Gasteiger charge is -2.31. The van der Waals surface area contributed by atoms with Crippen molar-refractivity contribution in [3.63, 3.8) is 0 Å². The van der Waals surface area contributed by atoms with Gasteiger partial charge in [0.2, 0.25) is 5.79 Å². The van der Waals surface area contributed by atoms with Crippen LogP contribution in [0.25, 0.3) is 0 Å². The third-order valence-corrected chi connectivity index (χ3v) is 3.06. The Hall–Kier alpha value is -1.64. The maximum absolute atomic E-state index is 5.66. The molecule has 0 saturated carbocycles. The summed E-state index contributed by atoms with van der Waals surface area (Å²) in [5.41, 5.74) is 2.88. The normalized spacial score (nSPS) is 11.5. The Balaban J connectivity index is 2.54. The van der Waals surface area contributed by atoms with Crippen molar-refractivity contribution in [2.75, 3.05) is 14.2 Å². The van der Waals surface area contributed by atoms with E-state index in [1.807, 2.05) is 54.6 Å². The van der Waals surface area contributed by atoms with Crippen LogP contribution < -0.4 is 0 Å². The zero-order valence-electron chi connectivity index (χ0n) is 10.7. The van der Waals surface area contributed by atoms with Crippen LogP contribution in [-0.4, -0.2) is 14.2 Å². The second-order valence-corrected chi connectivity index (χ2v) is 4.09. The van der Waals surface area contributed by atoms with Crippen LogP contribution in [0, 0.1) is 6.92 Å². The molecule has 0 saturated heterocycles. The highest BCUT2D eigenvalue weighted by atomic mass is 16.7. The van der Waals surface area contributed by atoms with E-state index in [-0.39, 0.29) is 0 Å². The zero-order chi connectivity index (χ0) is 13.0. The first-order chi connectivity index (χ1) is 8.73. The van der Waals surface area contributed by atoms with Crippen LogP contribution in [0.2, 0.25) is 0 Å². The van der Waals surface area contributed by atoms with Crippen LogP contribution >= 0.6 is 0 Å². The van der Waals surface area contributed by atoms with Gasteiger partial charge in [0, 0.05) is 25.3 Å². The minimum absolute atomic E-state index is 0.866. The molecule has 0 heterocycles. The lowest BCUT2D eigenvalue weighted by molar-refractivity contribution is -0.183.